The first-order valence-electron chi connectivity index (χ1n) is 4.71. The summed E-state index contributed by atoms with van der Waals surface area (Å²) in [4.78, 5) is 27.0. The van der Waals surface area contributed by atoms with E-state index in [1.165, 1.54) is 12.5 Å². The molecule has 0 aliphatic carbocycles. The molecule has 0 bridgehead atoms. The molecule has 0 aliphatic rings. The third-order valence-corrected chi connectivity index (χ3v) is 3.20. The van der Waals surface area contributed by atoms with Gasteiger partial charge in [0.15, 0.2) is 0 Å². The lowest BCUT2D eigenvalue weighted by atomic mass is 10.5. The molecule has 0 fully saturated rings. The van der Waals surface area contributed by atoms with Gasteiger partial charge in [0.05, 0.1) is 17.4 Å². The summed E-state index contributed by atoms with van der Waals surface area (Å²) in [5, 5.41) is 0.0475. The van der Waals surface area contributed by atoms with Crippen molar-refractivity contribution in [2.24, 2.45) is 0 Å². The second-order valence-corrected chi connectivity index (χ2v) is 5.17. The van der Waals surface area contributed by atoms with E-state index in [9.17, 15) is 13.8 Å². The van der Waals surface area contributed by atoms with Crippen molar-refractivity contribution < 1.29 is 13.7 Å². The van der Waals surface area contributed by atoms with E-state index < -0.39 is 22.3 Å². The molecule has 94 valence electrons. The lowest BCUT2D eigenvalue weighted by Crippen LogP contribution is -2.29. The van der Waals surface area contributed by atoms with Crippen molar-refractivity contribution in [3.63, 3.8) is 0 Å². The zero-order valence-electron chi connectivity index (χ0n) is 9.31. The zero-order valence-corrected chi connectivity index (χ0v) is 11.7. The number of esters is 1. The molecule has 0 aliphatic heterocycles. The minimum atomic E-state index is -1.46. The summed E-state index contributed by atoms with van der Waals surface area (Å²) < 4.78 is 17.4. The van der Waals surface area contributed by atoms with Gasteiger partial charge in [-0.1, -0.05) is 0 Å². The molecule has 8 heteroatoms. The number of rotatable bonds is 4. The smallest absolute Gasteiger partial charge is 0.326 e. The van der Waals surface area contributed by atoms with Crippen LogP contribution in [0.5, 0.6) is 0 Å². The number of hydrogen-bond acceptors (Lipinski definition) is 5. The number of carbonyl (C=O) groups is 1. The van der Waals surface area contributed by atoms with Crippen LogP contribution >= 0.6 is 15.9 Å². The third kappa shape index (κ3) is 3.47. The Hall–Kier alpha value is -1.02. The number of hydrogen-bond donors (Lipinski definition) is 0. The molecule has 1 unspecified atom stereocenters. The van der Waals surface area contributed by atoms with Gasteiger partial charge in [0.25, 0.3) is 5.56 Å². The van der Waals surface area contributed by atoms with Crippen molar-refractivity contribution in [3.8, 4) is 0 Å². The van der Waals surface area contributed by atoms with Crippen molar-refractivity contribution in [1.82, 2.24) is 9.55 Å². The maximum atomic E-state index is 11.8. The lowest BCUT2D eigenvalue weighted by molar-refractivity contribution is -0.144. The Labute approximate surface area is 109 Å². The highest BCUT2D eigenvalue weighted by molar-refractivity contribution is 9.10. The van der Waals surface area contributed by atoms with Crippen molar-refractivity contribution >= 4 is 32.7 Å². The largest absolute Gasteiger partial charge is 0.465 e. The van der Waals surface area contributed by atoms with Gasteiger partial charge in [-0.2, -0.15) is 0 Å². The minimum Gasteiger partial charge on any atom is -0.465 e. The van der Waals surface area contributed by atoms with Gasteiger partial charge in [0.2, 0.25) is 5.16 Å². The molecule has 0 aromatic carbocycles. The number of aromatic nitrogens is 2. The van der Waals surface area contributed by atoms with Gasteiger partial charge in [-0.15, -0.1) is 0 Å². The Morgan fingerprint density at radius 3 is 2.82 bits per heavy atom. The summed E-state index contributed by atoms with van der Waals surface area (Å²) in [5.74, 6) is -0.568. The topological polar surface area (TPSA) is 78.3 Å². The molecule has 0 radical (unpaired) electrons. The van der Waals surface area contributed by atoms with E-state index in [4.69, 9.17) is 4.74 Å². The third-order valence-electron chi connectivity index (χ3n) is 1.82. The summed E-state index contributed by atoms with van der Waals surface area (Å²) >= 11 is 3.01. The Bertz CT molecular complexity index is 514. The molecule has 1 aromatic heterocycles. The predicted octanol–water partition coefficient (Wildman–Crippen LogP) is 0.306. The first-order valence-corrected chi connectivity index (χ1v) is 7.06. The Morgan fingerprint density at radius 1 is 1.65 bits per heavy atom. The number of ether oxygens (including phenoxy) is 1. The van der Waals surface area contributed by atoms with Crippen LogP contribution in [0.1, 0.15) is 6.92 Å². The summed E-state index contributed by atoms with van der Waals surface area (Å²) in [5.41, 5.74) is -0.460. The molecule has 1 heterocycles. The summed E-state index contributed by atoms with van der Waals surface area (Å²) in [7, 11) is -1.46. The number of carbonyl (C=O) groups excluding carboxylic acids is 1. The van der Waals surface area contributed by atoms with Gasteiger partial charge in [0, 0.05) is 12.5 Å². The summed E-state index contributed by atoms with van der Waals surface area (Å²) in [6.45, 7) is 1.59. The van der Waals surface area contributed by atoms with Crippen LogP contribution < -0.4 is 5.56 Å². The molecule has 0 saturated heterocycles. The first-order chi connectivity index (χ1) is 7.97. The number of nitrogens with zero attached hydrogens (tertiary/aromatic N) is 2. The Morgan fingerprint density at radius 2 is 2.29 bits per heavy atom. The van der Waals surface area contributed by atoms with Gasteiger partial charge < -0.3 is 4.74 Å². The van der Waals surface area contributed by atoms with E-state index in [2.05, 4.69) is 20.9 Å². The van der Waals surface area contributed by atoms with Gasteiger partial charge in [-0.3, -0.25) is 18.4 Å². The maximum Gasteiger partial charge on any atom is 0.326 e. The monoisotopic (exact) mass is 322 g/mol. The van der Waals surface area contributed by atoms with E-state index in [1.54, 1.807) is 6.92 Å². The second kappa shape index (κ2) is 6.06. The highest BCUT2D eigenvalue weighted by Gasteiger charge is 2.15. The Balaban J connectivity index is 3.19. The predicted molar refractivity (Wildman–Crippen MR) is 65.2 cm³/mol. The molecule has 6 nitrogen and oxygen atoms in total. The standard InChI is InChI=1S/C9H11BrN2O4S/c1-3-16-7(13)5-12-8(14)6(10)4-11-9(12)17(2)15/h4H,3,5H2,1-2H3. The molecule has 17 heavy (non-hydrogen) atoms. The average Bonchev–Trinajstić information content (AvgIpc) is 2.25. The van der Waals surface area contributed by atoms with E-state index in [1.807, 2.05) is 0 Å². The van der Waals surface area contributed by atoms with Crippen LogP contribution in [0.4, 0.5) is 0 Å². The van der Waals surface area contributed by atoms with E-state index in [0.29, 0.717) is 0 Å². The first kappa shape index (κ1) is 14.0. The van der Waals surface area contributed by atoms with Crippen molar-refractivity contribution in [2.45, 2.75) is 18.6 Å². The SMILES string of the molecule is CCOC(=O)Cn1c(S(C)=O)ncc(Br)c1=O. The van der Waals surface area contributed by atoms with E-state index in [0.717, 1.165) is 4.57 Å². The summed E-state index contributed by atoms with van der Waals surface area (Å²) in [6, 6.07) is 0. The highest BCUT2D eigenvalue weighted by Crippen LogP contribution is 2.05. The van der Waals surface area contributed by atoms with Crippen molar-refractivity contribution in [1.29, 1.82) is 0 Å². The zero-order chi connectivity index (χ0) is 13.0. The molecule has 1 atom stereocenters. The minimum absolute atomic E-state index is 0.0475. The Kier molecular flexibility index (Phi) is 5.01. The van der Waals surface area contributed by atoms with Crippen LogP contribution in [-0.2, 0) is 26.9 Å². The van der Waals surface area contributed by atoms with E-state index in [-0.39, 0.29) is 22.8 Å². The van der Waals surface area contributed by atoms with Crippen LogP contribution in [0.15, 0.2) is 20.6 Å². The fraction of sp³-hybridized carbons (Fsp3) is 0.444. The van der Waals surface area contributed by atoms with Crippen molar-refractivity contribution in [3.05, 3.63) is 21.0 Å². The van der Waals surface area contributed by atoms with E-state index >= 15 is 0 Å². The summed E-state index contributed by atoms with van der Waals surface area (Å²) in [6.07, 6.45) is 2.65. The molecule has 1 rings (SSSR count). The molecule has 0 N–H and O–H groups in total. The fourth-order valence-corrected chi connectivity index (χ4v) is 2.13. The highest BCUT2D eigenvalue weighted by atomic mass is 79.9. The lowest BCUT2D eigenvalue weighted by Gasteiger charge is -2.09. The molecule has 0 amide bonds. The quantitative estimate of drug-likeness (QED) is 0.588. The van der Waals surface area contributed by atoms with Gasteiger partial charge in [-0.25, -0.2) is 4.98 Å². The molecule has 0 spiro atoms. The molecule has 1 aromatic rings. The molecule has 0 saturated carbocycles. The molecular formula is C9H11BrN2O4S. The normalized spacial score (nSPS) is 12.2. The second-order valence-electron chi connectivity index (χ2n) is 3.04. The number of halogens is 1. The van der Waals surface area contributed by atoms with Crippen LogP contribution in [0.3, 0.4) is 0 Å². The van der Waals surface area contributed by atoms with Gasteiger partial charge >= 0.3 is 5.97 Å². The van der Waals surface area contributed by atoms with Crippen LogP contribution in [0.25, 0.3) is 0 Å². The van der Waals surface area contributed by atoms with Crippen molar-refractivity contribution in [2.75, 3.05) is 12.9 Å². The van der Waals surface area contributed by atoms with Crippen LogP contribution in [-0.4, -0.2) is 32.6 Å². The maximum absolute atomic E-state index is 11.8. The average molecular weight is 323 g/mol. The van der Waals surface area contributed by atoms with Gasteiger partial charge in [0.1, 0.15) is 11.0 Å². The van der Waals surface area contributed by atoms with Crippen LogP contribution in [0.2, 0.25) is 0 Å². The van der Waals surface area contributed by atoms with Gasteiger partial charge in [-0.05, 0) is 22.9 Å². The molecular weight excluding hydrogens is 312 g/mol. The fourth-order valence-electron chi connectivity index (χ4n) is 1.16. The van der Waals surface area contributed by atoms with Crippen LogP contribution in [0, 0.1) is 0 Å².